The average Bonchev–Trinajstić information content (AvgIpc) is 1.69. The first-order valence-electron chi connectivity index (χ1n) is 1.78. The van der Waals surface area contributed by atoms with Crippen LogP contribution >= 0.6 is 0 Å². The van der Waals surface area contributed by atoms with Gasteiger partial charge in [-0.25, -0.2) is 0 Å². The van der Waals surface area contributed by atoms with Crippen LogP contribution in [-0.2, 0) is 4.79 Å². The Morgan fingerprint density at radius 1 is 2.00 bits per heavy atom. The predicted octanol–water partition coefficient (Wildman–Crippen LogP) is 0.621. The minimum atomic E-state index is -0.250. The number of rotatable bonds is 0. The quantitative estimate of drug-likeness (QED) is 0.455. The Labute approximate surface area is 42.2 Å². The van der Waals surface area contributed by atoms with Gasteiger partial charge in [0.15, 0.2) is 0 Å². The van der Waals surface area contributed by atoms with Gasteiger partial charge in [0, 0.05) is 6.42 Å². The van der Waals surface area contributed by atoms with Crippen molar-refractivity contribution in [2.45, 2.75) is 13.3 Å². The molecule has 3 nitrogen and oxygen atoms in total. The van der Waals surface area contributed by atoms with Gasteiger partial charge in [-0.15, -0.1) is 0 Å². The molecule has 1 N–H and O–H groups in total. The molecule has 0 amide bonds. The molecule has 0 aromatic carbocycles. The van der Waals surface area contributed by atoms with Crippen molar-refractivity contribution in [1.82, 2.24) is 0 Å². The summed E-state index contributed by atoms with van der Waals surface area (Å²) in [5.41, 5.74) is 0. The summed E-state index contributed by atoms with van der Waals surface area (Å²) in [4.78, 5) is 8.36. The van der Waals surface area contributed by atoms with E-state index in [1.165, 1.54) is 0 Å². The minimum Gasteiger partial charge on any atom is -0.483 e. The van der Waals surface area contributed by atoms with Gasteiger partial charge < -0.3 is 5.11 Å². The molecule has 40 valence electrons. The third kappa shape index (κ3) is 27200. The summed E-state index contributed by atoms with van der Waals surface area (Å²) in [5, 5.41) is 14.5. The van der Waals surface area contributed by atoms with Gasteiger partial charge in [-0.1, -0.05) is 6.92 Å². The number of nitrogens with zero attached hydrogens (tertiary/aromatic N) is 1. The lowest BCUT2D eigenvalue weighted by Crippen LogP contribution is -1.49. The molecule has 0 aromatic rings. The molecule has 7 heavy (non-hydrogen) atoms. The lowest BCUT2D eigenvalue weighted by Gasteiger charge is -1.47. The molecule has 0 rings (SSSR count). The number of carbonyl (C=O) groups is 1. The second-order valence-electron chi connectivity index (χ2n) is 0.617. The maximum absolute atomic E-state index is 8.36. The summed E-state index contributed by atoms with van der Waals surface area (Å²) in [5.74, 6) is 0. The van der Waals surface area contributed by atoms with Crippen molar-refractivity contribution in [1.29, 1.82) is 5.26 Å². The van der Waals surface area contributed by atoms with Crippen LogP contribution in [0, 0.1) is 11.3 Å². The van der Waals surface area contributed by atoms with Crippen LogP contribution in [0.25, 0.3) is 0 Å². The van der Waals surface area contributed by atoms with E-state index >= 15 is 0 Å². The first-order chi connectivity index (χ1) is 3.33. The van der Waals surface area contributed by atoms with Gasteiger partial charge in [-0.05, 0) is 0 Å². The first kappa shape index (κ1) is 9.35. The molecule has 0 saturated heterocycles. The van der Waals surface area contributed by atoms with E-state index in [4.69, 9.17) is 15.2 Å². The van der Waals surface area contributed by atoms with Gasteiger partial charge in [-0.3, -0.25) is 4.79 Å². The van der Waals surface area contributed by atoms with Crippen molar-refractivity contribution >= 4 is 6.47 Å². The summed E-state index contributed by atoms with van der Waals surface area (Å²) in [7, 11) is 0. The van der Waals surface area contributed by atoms with E-state index in [2.05, 4.69) is 0 Å². The molecule has 0 spiro atoms. The van der Waals surface area contributed by atoms with Gasteiger partial charge in [0.2, 0.25) is 0 Å². The summed E-state index contributed by atoms with van der Waals surface area (Å²) < 4.78 is 0. The standard InChI is InChI=1S/C3H5N.CH2O2/c1-2-3-4;2-1-3/h2H2,1H3;1H,(H,2,3). The molecule has 0 bridgehead atoms. The van der Waals surface area contributed by atoms with Crippen LogP contribution in [-0.4, -0.2) is 11.6 Å². The highest BCUT2D eigenvalue weighted by Crippen LogP contribution is 1.58. The van der Waals surface area contributed by atoms with Gasteiger partial charge >= 0.3 is 0 Å². The maximum Gasteiger partial charge on any atom is 0.290 e. The Kier molecular flexibility index (Phi) is 27.0. The van der Waals surface area contributed by atoms with Crippen LogP contribution in [0.4, 0.5) is 0 Å². The number of carboxylic acid groups (broad SMARTS) is 1. The van der Waals surface area contributed by atoms with E-state index < -0.39 is 0 Å². The van der Waals surface area contributed by atoms with Crippen LogP contribution < -0.4 is 0 Å². The molecule has 0 heterocycles. The van der Waals surface area contributed by atoms with Gasteiger partial charge in [0.25, 0.3) is 6.47 Å². The Morgan fingerprint density at radius 3 is 2.14 bits per heavy atom. The van der Waals surface area contributed by atoms with Crippen LogP contribution in [0.3, 0.4) is 0 Å². The van der Waals surface area contributed by atoms with Gasteiger partial charge in [0.1, 0.15) is 0 Å². The normalized spacial score (nSPS) is 4.57. The van der Waals surface area contributed by atoms with Gasteiger partial charge in [-0.2, -0.15) is 5.26 Å². The molecule has 0 fully saturated rings. The molecule has 0 aromatic heterocycles. The Balaban J connectivity index is 0. The summed E-state index contributed by atoms with van der Waals surface area (Å²) in [6.45, 7) is 1.57. The summed E-state index contributed by atoms with van der Waals surface area (Å²) >= 11 is 0. The topological polar surface area (TPSA) is 61.1 Å². The molecule has 0 saturated carbocycles. The molecular formula is C4H7NO2. The Bertz CT molecular complexity index is 64.6. The highest BCUT2D eigenvalue weighted by Gasteiger charge is 1.49. The maximum atomic E-state index is 8.36. The molecule has 0 atom stereocenters. The van der Waals surface area contributed by atoms with Crippen molar-refractivity contribution in [3.63, 3.8) is 0 Å². The molecular weight excluding hydrogens is 94.0 g/mol. The predicted molar refractivity (Wildman–Crippen MR) is 24.6 cm³/mol. The SMILES string of the molecule is CCC#N.O=CO. The summed E-state index contributed by atoms with van der Waals surface area (Å²) in [6.07, 6.45) is 0.625. The first-order valence-corrected chi connectivity index (χ1v) is 1.78. The fourth-order valence-corrected chi connectivity index (χ4v) is 0. The highest BCUT2D eigenvalue weighted by atomic mass is 16.3. The van der Waals surface area contributed by atoms with Gasteiger partial charge in [0.05, 0.1) is 6.07 Å². The monoisotopic (exact) mass is 101 g/mol. The van der Waals surface area contributed by atoms with Crippen molar-refractivity contribution in [2.75, 3.05) is 0 Å². The van der Waals surface area contributed by atoms with E-state index in [-0.39, 0.29) is 6.47 Å². The summed E-state index contributed by atoms with van der Waals surface area (Å²) in [6, 6.07) is 1.93. The van der Waals surface area contributed by atoms with Crippen LogP contribution in [0.5, 0.6) is 0 Å². The van der Waals surface area contributed by atoms with Crippen molar-refractivity contribution in [3.8, 4) is 6.07 Å². The number of hydrogen-bond donors (Lipinski definition) is 1. The zero-order valence-corrected chi connectivity index (χ0v) is 4.09. The number of hydrogen-bond acceptors (Lipinski definition) is 2. The van der Waals surface area contributed by atoms with E-state index in [1.807, 2.05) is 13.0 Å². The second-order valence-corrected chi connectivity index (χ2v) is 0.617. The lowest BCUT2D eigenvalue weighted by atomic mass is 10.6. The van der Waals surface area contributed by atoms with E-state index in [9.17, 15) is 0 Å². The van der Waals surface area contributed by atoms with Crippen LogP contribution in [0.1, 0.15) is 13.3 Å². The van der Waals surface area contributed by atoms with Crippen LogP contribution in [0.15, 0.2) is 0 Å². The van der Waals surface area contributed by atoms with Crippen LogP contribution in [0.2, 0.25) is 0 Å². The molecule has 0 radical (unpaired) electrons. The highest BCUT2D eigenvalue weighted by molar-refractivity contribution is 5.32. The third-order valence-corrected chi connectivity index (χ3v) is 0.158. The smallest absolute Gasteiger partial charge is 0.290 e. The molecule has 0 aliphatic rings. The third-order valence-electron chi connectivity index (χ3n) is 0.158. The molecule has 3 heteroatoms. The van der Waals surface area contributed by atoms with E-state index in [0.29, 0.717) is 6.42 Å². The Morgan fingerprint density at radius 2 is 2.14 bits per heavy atom. The minimum absolute atomic E-state index is 0.250. The zero-order valence-electron chi connectivity index (χ0n) is 4.09. The lowest BCUT2D eigenvalue weighted by molar-refractivity contribution is -0.122. The molecule has 0 aliphatic heterocycles. The fourth-order valence-electron chi connectivity index (χ4n) is 0. The van der Waals surface area contributed by atoms with E-state index in [0.717, 1.165) is 0 Å². The fraction of sp³-hybridized carbons (Fsp3) is 0.500. The largest absolute Gasteiger partial charge is 0.483 e. The van der Waals surface area contributed by atoms with Crippen molar-refractivity contribution in [2.24, 2.45) is 0 Å². The average molecular weight is 101 g/mol. The molecule has 0 unspecified atom stereocenters. The second kappa shape index (κ2) is 20.2. The molecule has 0 aliphatic carbocycles. The Hall–Kier alpha value is -1.04. The zero-order chi connectivity index (χ0) is 6.12. The van der Waals surface area contributed by atoms with Crippen molar-refractivity contribution in [3.05, 3.63) is 0 Å². The number of nitriles is 1. The van der Waals surface area contributed by atoms with Crippen molar-refractivity contribution < 1.29 is 9.90 Å². The van der Waals surface area contributed by atoms with E-state index in [1.54, 1.807) is 0 Å².